The molecule has 1 saturated heterocycles. The predicted octanol–water partition coefficient (Wildman–Crippen LogP) is 3.76. The molecular weight excluding hydrogens is 408 g/mol. The summed E-state index contributed by atoms with van der Waals surface area (Å²) in [7, 11) is 3.59. The van der Waals surface area contributed by atoms with Gasteiger partial charge >= 0.3 is 0 Å². The molecule has 3 heterocycles. The van der Waals surface area contributed by atoms with Crippen LogP contribution >= 0.6 is 0 Å². The lowest BCUT2D eigenvalue weighted by Crippen LogP contribution is -2.42. The van der Waals surface area contributed by atoms with Gasteiger partial charge in [0.25, 0.3) is 11.8 Å². The second kappa shape index (κ2) is 8.12. The number of morpholine rings is 1. The Labute approximate surface area is 185 Å². The van der Waals surface area contributed by atoms with Crippen molar-refractivity contribution in [3.05, 3.63) is 65.7 Å². The van der Waals surface area contributed by atoms with Gasteiger partial charge in [0.2, 0.25) is 5.82 Å². The van der Waals surface area contributed by atoms with E-state index in [0.717, 1.165) is 27.7 Å². The smallest absolute Gasteiger partial charge is 0.257 e. The fourth-order valence-electron chi connectivity index (χ4n) is 4.18. The zero-order chi connectivity index (χ0) is 22.2. The van der Waals surface area contributed by atoms with Gasteiger partial charge in [-0.15, -0.1) is 0 Å². The molecule has 0 aliphatic carbocycles. The number of benzene rings is 2. The van der Waals surface area contributed by atoms with Gasteiger partial charge in [-0.1, -0.05) is 35.5 Å². The average molecular weight is 432 g/mol. The van der Waals surface area contributed by atoms with Crippen molar-refractivity contribution in [3.8, 4) is 17.1 Å². The molecule has 4 aromatic rings. The first-order chi connectivity index (χ1) is 15.6. The van der Waals surface area contributed by atoms with E-state index in [-0.39, 0.29) is 5.91 Å². The summed E-state index contributed by atoms with van der Waals surface area (Å²) in [6, 6.07) is 15.4. The van der Waals surface area contributed by atoms with Crippen LogP contribution in [0.25, 0.3) is 22.3 Å². The number of amides is 1. The standard InChI is InChI=1S/C24H24N4O4/c1-15-21(18-9-4-5-10-19(18)27(15)2)24(29)28-11-12-31-20(14-28)23-25-22(26-32-23)16-7-6-8-17(13-16)30-3/h4-10,13,20H,11-12,14H2,1-3H3. The fourth-order valence-corrected chi connectivity index (χ4v) is 4.18. The van der Waals surface area contributed by atoms with Crippen LogP contribution in [0.3, 0.4) is 0 Å². The highest BCUT2D eigenvalue weighted by Crippen LogP contribution is 2.29. The number of para-hydroxylation sites is 1. The molecule has 1 aliphatic heterocycles. The summed E-state index contributed by atoms with van der Waals surface area (Å²) >= 11 is 0. The Kier molecular flexibility index (Phi) is 5.14. The number of hydrogen-bond acceptors (Lipinski definition) is 6. The number of carbonyl (C=O) groups is 1. The Bertz CT molecular complexity index is 1290. The molecule has 8 heteroatoms. The van der Waals surface area contributed by atoms with E-state index < -0.39 is 6.10 Å². The topological polar surface area (TPSA) is 82.6 Å². The summed E-state index contributed by atoms with van der Waals surface area (Å²) in [6.07, 6.45) is -0.477. The van der Waals surface area contributed by atoms with Crippen molar-refractivity contribution in [1.29, 1.82) is 0 Å². The van der Waals surface area contributed by atoms with Crippen molar-refractivity contribution in [2.45, 2.75) is 13.0 Å². The fraction of sp³-hybridized carbons (Fsp3) is 0.292. The third kappa shape index (κ3) is 3.42. The average Bonchev–Trinajstić information content (AvgIpc) is 3.43. The lowest BCUT2D eigenvalue weighted by molar-refractivity contribution is -0.0367. The molecule has 32 heavy (non-hydrogen) atoms. The van der Waals surface area contributed by atoms with Crippen LogP contribution in [0.15, 0.2) is 53.1 Å². The summed E-state index contributed by atoms with van der Waals surface area (Å²) in [5.41, 5.74) is 3.50. The van der Waals surface area contributed by atoms with E-state index in [1.54, 1.807) is 12.0 Å². The SMILES string of the molecule is COc1cccc(-c2noc(C3CN(C(=O)c4c(C)n(C)c5ccccc45)CCO3)n2)c1. The van der Waals surface area contributed by atoms with E-state index in [0.29, 0.717) is 37.2 Å². The molecule has 8 nitrogen and oxygen atoms in total. The number of hydrogen-bond donors (Lipinski definition) is 0. The first kappa shape index (κ1) is 20.3. The zero-order valence-corrected chi connectivity index (χ0v) is 18.2. The predicted molar refractivity (Wildman–Crippen MR) is 119 cm³/mol. The second-order valence-electron chi connectivity index (χ2n) is 7.84. The van der Waals surface area contributed by atoms with Crippen LogP contribution in [0.5, 0.6) is 5.75 Å². The van der Waals surface area contributed by atoms with E-state index in [4.69, 9.17) is 14.0 Å². The van der Waals surface area contributed by atoms with E-state index in [2.05, 4.69) is 14.7 Å². The van der Waals surface area contributed by atoms with Crippen LogP contribution < -0.4 is 4.74 Å². The van der Waals surface area contributed by atoms with Gasteiger partial charge in [-0.25, -0.2) is 0 Å². The number of aryl methyl sites for hydroxylation is 1. The van der Waals surface area contributed by atoms with Crippen LogP contribution in [-0.4, -0.2) is 52.3 Å². The molecule has 0 spiro atoms. The van der Waals surface area contributed by atoms with Gasteiger partial charge in [0.1, 0.15) is 5.75 Å². The van der Waals surface area contributed by atoms with Crippen molar-refractivity contribution >= 4 is 16.8 Å². The Morgan fingerprint density at radius 1 is 1.19 bits per heavy atom. The Balaban J connectivity index is 1.39. The van der Waals surface area contributed by atoms with E-state index in [1.165, 1.54) is 0 Å². The summed E-state index contributed by atoms with van der Waals surface area (Å²) in [5.74, 6) is 1.51. The quantitative estimate of drug-likeness (QED) is 0.488. The van der Waals surface area contributed by atoms with Crippen molar-refractivity contribution < 1.29 is 18.8 Å². The molecule has 1 aliphatic rings. The van der Waals surface area contributed by atoms with Gasteiger partial charge in [0, 0.05) is 35.8 Å². The van der Waals surface area contributed by atoms with Crippen LogP contribution in [0.1, 0.15) is 28.0 Å². The molecule has 1 unspecified atom stereocenters. The molecule has 0 saturated carbocycles. The number of fused-ring (bicyclic) bond motifs is 1. The van der Waals surface area contributed by atoms with Gasteiger partial charge in [-0.3, -0.25) is 4.79 Å². The molecule has 2 aromatic heterocycles. The molecule has 0 radical (unpaired) electrons. The van der Waals surface area contributed by atoms with Crippen LogP contribution in [0.4, 0.5) is 0 Å². The monoisotopic (exact) mass is 432 g/mol. The molecule has 0 N–H and O–H groups in total. The van der Waals surface area contributed by atoms with Gasteiger partial charge in [0.05, 0.1) is 25.8 Å². The molecular formula is C24H24N4O4. The summed E-state index contributed by atoms with van der Waals surface area (Å²) in [5, 5.41) is 5.05. The number of methoxy groups -OCH3 is 1. The highest BCUT2D eigenvalue weighted by Gasteiger charge is 2.32. The Morgan fingerprint density at radius 3 is 2.88 bits per heavy atom. The minimum Gasteiger partial charge on any atom is -0.497 e. The molecule has 164 valence electrons. The zero-order valence-electron chi connectivity index (χ0n) is 18.2. The summed E-state index contributed by atoms with van der Waals surface area (Å²) in [6.45, 7) is 3.23. The van der Waals surface area contributed by atoms with Crippen LogP contribution in [0.2, 0.25) is 0 Å². The maximum Gasteiger partial charge on any atom is 0.257 e. The highest BCUT2D eigenvalue weighted by atomic mass is 16.5. The van der Waals surface area contributed by atoms with Crippen molar-refractivity contribution in [2.24, 2.45) is 7.05 Å². The minimum absolute atomic E-state index is 0.0138. The van der Waals surface area contributed by atoms with Crippen molar-refractivity contribution in [3.63, 3.8) is 0 Å². The number of ether oxygens (including phenoxy) is 2. The Hall–Kier alpha value is -3.65. The molecule has 1 atom stereocenters. The largest absolute Gasteiger partial charge is 0.497 e. The third-order valence-electron chi connectivity index (χ3n) is 6.01. The van der Waals surface area contributed by atoms with E-state index >= 15 is 0 Å². The highest BCUT2D eigenvalue weighted by molar-refractivity contribution is 6.08. The lowest BCUT2D eigenvalue weighted by Gasteiger charge is -2.31. The summed E-state index contributed by atoms with van der Waals surface area (Å²) < 4.78 is 18.7. The van der Waals surface area contributed by atoms with E-state index in [1.807, 2.05) is 62.5 Å². The van der Waals surface area contributed by atoms with Crippen LogP contribution in [0, 0.1) is 6.92 Å². The van der Waals surface area contributed by atoms with E-state index in [9.17, 15) is 4.79 Å². The third-order valence-corrected chi connectivity index (χ3v) is 6.01. The van der Waals surface area contributed by atoms with Gasteiger partial charge in [-0.2, -0.15) is 4.98 Å². The normalized spacial score (nSPS) is 16.5. The van der Waals surface area contributed by atoms with Crippen molar-refractivity contribution in [2.75, 3.05) is 26.8 Å². The number of nitrogens with zero attached hydrogens (tertiary/aromatic N) is 4. The maximum atomic E-state index is 13.5. The van der Waals surface area contributed by atoms with Gasteiger partial charge < -0.3 is 23.5 Å². The van der Waals surface area contributed by atoms with Crippen LogP contribution in [-0.2, 0) is 11.8 Å². The minimum atomic E-state index is -0.477. The molecule has 2 aromatic carbocycles. The Morgan fingerprint density at radius 2 is 2.03 bits per heavy atom. The number of aromatic nitrogens is 3. The molecule has 1 fully saturated rings. The first-order valence-electron chi connectivity index (χ1n) is 10.5. The summed E-state index contributed by atoms with van der Waals surface area (Å²) in [4.78, 5) is 19.8. The lowest BCUT2D eigenvalue weighted by atomic mass is 10.1. The maximum absolute atomic E-state index is 13.5. The number of carbonyl (C=O) groups excluding carboxylic acids is 1. The van der Waals surface area contributed by atoms with Gasteiger partial charge in [-0.05, 0) is 25.1 Å². The second-order valence-corrected chi connectivity index (χ2v) is 7.84. The molecule has 1 amide bonds. The first-order valence-corrected chi connectivity index (χ1v) is 10.5. The number of rotatable bonds is 4. The van der Waals surface area contributed by atoms with Crippen molar-refractivity contribution in [1.82, 2.24) is 19.6 Å². The molecule has 0 bridgehead atoms. The molecule has 5 rings (SSSR count). The van der Waals surface area contributed by atoms with Gasteiger partial charge in [0.15, 0.2) is 6.10 Å².